The molecule has 0 aliphatic rings. The molecule has 1 amide bonds. The number of rotatable bonds is 6. The number of pyridine rings is 1. The van der Waals surface area contributed by atoms with Crippen molar-refractivity contribution in [1.29, 1.82) is 0 Å². The maximum atomic E-state index is 12.0. The molecule has 0 spiro atoms. The van der Waals surface area contributed by atoms with E-state index in [1.165, 1.54) is 0 Å². The molecule has 5 heteroatoms. The lowest BCUT2D eigenvalue weighted by atomic mass is 10.2. The van der Waals surface area contributed by atoms with Gasteiger partial charge in [0.15, 0.2) is 0 Å². The molecule has 1 aromatic rings. The monoisotopic (exact) mass is 265 g/mol. The second-order valence-electron chi connectivity index (χ2n) is 4.66. The third-order valence-corrected chi connectivity index (χ3v) is 3.03. The minimum Gasteiger partial charge on any atom is -0.506 e. The Morgan fingerprint density at radius 1 is 1.32 bits per heavy atom. The molecular weight excluding hydrogens is 242 g/mol. The topological polar surface area (TPSA) is 56.7 Å². The number of hydrogen-bond donors (Lipinski definition) is 1. The largest absolute Gasteiger partial charge is 0.506 e. The first kappa shape index (κ1) is 15.4. The Bertz CT molecular complexity index is 431. The van der Waals surface area contributed by atoms with Crippen molar-refractivity contribution in [2.75, 3.05) is 26.7 Å². The van der Waals surface area contributed by atoms with Gasteiger partial charge in [0.1, 0.15) is 5.75 Å². The lowest BCUT2D eigenvalue weighted by Crippen LogP contribution is -2.38. The van der Waals surface area contributed by atoms with Gasteiger partial charge in [0.05, 0.1) is 12.2 Å². The molecule has 0 fully saturated rings. The Labute approximate surface area is 114 Å². The molecule has 106 valence electrons. The van der Waals surface area contributed by atoms with Gasteiger partial charge in [-0.05, 0) is 40.0 Å². The highest BCUT2D eigenvalue weighted by Crippen LogP contribution is 2.16. The van der Waals surface area contributed by atoms with Crippen LogP contribution in [-0.4, -0.2) is 52.5 Å². The van der Waals surface area contributed by atoms with Gasteiger partial charge in [-0.3, -0.25) is 14.7 Å². The molecule has 1 heterocycles. The second kappa shape index (κ2) is 7.09. The highest BCUT2D eigenvalue weighted by Gasteiger charge is 2.14. The van der Waals surface area contributed by atoms with Crippen LogP contribution in [0.3, 0.4) is 0 Å². The molecule has 0 saturated carbocycles. The van der Waals surface area contributed by atoms with Gasteiger partial charge in [0.25, 0.3) is 0 Å². The summed E-state index contributed by atoms with van der Waals surface area (Å²) in [5.74, 6) is 0.271. The summed E-state index contributed by atoms with van der Waals surface area (Å²) in [4.78, 5) is 19.9. The lowest BCUT2D eigenvalue weighted by Gasteiger charge is -2.23. The van der Waals surface area contributed by atoms with E-state index in [1.54, 1.807) is 17.0 Å². The number of carbonyl (C=O) groups is 1. The van der Waals surface area contributed by atoms with Crippen molar-refractivity contribution in [3.05, 3.63) is 23.5 Å². The molecule has 1 aromatic heterocycles. The minimum absolute atomic E-state index is 0.0969. The Kier molecular flexibility index (Phi) is 5.76. The van der Waals surface area contributed by atoms with E-state index in [1.807, 2.05) is 32.7 Å². The predicted molar refractivity (Wildman–Crippen MR) is 74.9 cm³/mol. The van der Waals surface area contributed by atoms with E-state index in [2.05, 4.69) is 4.98 Å². The molecule has 1 rings (SSSR count). The molecule has 5 nitrogen and oxygen atoms in total. The SMILES string of the molecule is CCN(CC)C(=O)CN(C)Cc1nc(C)ccc1O. The van der Waals surface area contributed by atoms with Gasteiger partial charge < -0.3 is 10.0 Å². The Morgan fingerprint density at radius 3 is 2.53 bits per heavy atom. The summed E-state index contributed by atoms with van der Waals surface area (Å²) in [6.07, 6.45) is 0. The maximum Gasteiger partial charge on any atom is 0.236 e. The van der Waals surface area contributed by atoms with Crippen LogP contribution in [0.4, 0.5) is 0 Å². The predicted octanol–water partition coefficient (Wildman–Crippen LogP) is 1.40. The van der Waals surface area contributed by atoms with E-state index in [9.17, 15) is 9.90 Å². The molecule has 0 bridgehead atoms. The average Bonchev–Trinajstić information content (AvgIpc) is 2.35. The minimum atomic E-state index is 0.0969. The molecular formula is C14H23N3O2. The highest BCUT2D eigenvalue weighted by atomic mass is 16.3. The quantitative estimate of drug-likeness (QED) is 0.844. The fourth-order valence-electron chi connectivity index (χ4n) is 1.94. The zero-order valence-electron chi connectivity index (χ0n) is 12.2. The Hall–Kier alpha value is -1.62. The molecule has 1 N–H and O–H groups in total. The maximum absolute atomic E-state index is 12.0. The average molecular weight is 265 g/mol. The number of aromatic hydroxyl groups is 1. The van der Waals surface area contributed by atoms with E-state index in [4.69, 9.17) is 0 Å². The van der Waals surface area contributed by atoms with E-state index >= 15 is 0 Å². The van der Waals surface area contributed by atoms with Crippen LogP contribution in [-0.2, 0) is 11.3 Å². The van der Waals surface area contributed by atoms with Crippen LogP contribution in [0.15, 0.2) is 12.1 Å². The van der Waals surface area contributed by atoms with Gasteiger partial charge in [-0.15, -0.1) is 0 Å². The van der Waals surface area contributed by atoms with Crippen LogP contribution in [0, 0.1) is 6.92 Å². The molecule has 19 heavy (non-hydrogen) atoms. The smallest absolute Gasteiger partial charge is 0.236 e. The summed E-state index contributed by atoms with van der Waals surface area (Å²) in [6, 6.07) is 3.40. The van der Waals surface area contributed by atoms with Crippen LogP contribution in [0.25, 0.3) is 0 Å². The third kappa shape index (κ3) is 4.52. The van der Waals surface area contributed by atoms with Gasteiger partial charge in [-0.1, -0.05) is 0 Å². The molecule has 0 aromatic carbocycles. The van der Waals surface area contributed by atoms with Crippen molar-refractivity contribution >= 4 is 5.91 Å². The number of aromatic nitrogens is 1. The molecule has 0 radical (unpaired) electrons. The van der Waals surface area contributed by atoms with Crippen molar-refractivity contribution < 1.29 is 9.90 Å². The van der Waals surface area contributed by atoms with Crippen LogP contribution in [0.1, 0.15) is 25.2 Å². The molecule has 0 aliphatic carbocycles. The summed E-state index contributed by atoms with van der Waals surface area (Å²) < 4.78 is 0. The number of nitrogens with zero attached hydrogens (tertiary/aromatic N) is 3. The first-order valence-corrected chi connectivity index (χ1v) is 6.59. The first-order chi connectivity index (χ1) is 8.97. The Morgan fingerprint density at radius 2 is 1.95 bits per heavy atom. The molecule has 0 aliphatic heterocycles. The van der Waals surface area contributed by atoms with Gasteiger partial charge in [0.2, 0.25) is 5.91 Å². The Balaban J connectivity index is 2.62. The van der Waals surface area contributed by atoms with E-state index in [0.717, 1.165) is 18.8 Å². The van der Waals surface area contributed by atoms with Crippen molar-refractivity contribution in [2.45, 2.75) is 27.3 Å². The van der Waals surface area contributed by atoms with Crippen LogP contribution < -0.4 is 0 Å². The van der Waals surface area contributed by atoms with Crippen LogP contribution in [0.5, 0.6) is 5.75 Å². The lowest BCUT2D eigenvalue weighted by molar-refractivity contribution is -0.131. The standard InChI is InChI=1S/C14H23N3O2/c1-5-17(6-2)14(19)10-16(4)9-12-13(18)8-7-11(3)15-12/h7-8,18H,5-6,9-10H2,1-4H3. The number of likely N-dealkylation sites (N-methyl/N-ethyl adjacent to an activating group) is 2. The summed E-state index contributed by atoms with van der Waals surface area (Å²) in [7, 11) is 1.85. The van der Waals surface area contributed by atoms with E-state index < -0.39 is 0 Å². The summed E-state index contributed by atoms with van der Waals surface area (Å²) in [6.45, 7) is 8.04. The van der Waals surface area contributed by atoms with Crippen LogP contribution in [0.2, 0.25) is 0 Å². The second-order valence-corrected chi connectivity index (χ2v) is 4.66. The first-order valence-electron chi connectivity index (χ1n) is 6.59. The van der Waals surface area contributed by atoms with Crippen molar-refractivity contribution in [3.63, 3.8) is 0 Å². The number of hydrogen-bond acceptors (Lipinski definition) is 4. The molecule has 0 unspecified atom stereocenters. The number of amides is 1. The van der Waals surface area contributed by atoms with Gasteiger partial charge in [-0.25, -0.2) is 0 Å². The van der Waals surface area contributed by atoms with Gasteiger partial charge in [-0.2, -0.15) is 0 Å². The number of aryl methyl sites for hydroxylation is 1. The fraction of sp³-hybridized carbons (Fsp3) is 0.571. The number of carbonyl (C=O) groups excluding carboxylic acids is 1. The zero-order chi connectivity index (χ0) is 14.4. The molecule has 0 saturated heterocycles. The van der Waals surface area contributed by atoms with Gasteiger partial charge in [0, 0.05) is 25.3 Å². The zero-order valence-corrected chi connectivity index (χ0v) is 12.2. The molecule has 0 atom stereocenters. The third-order valence-electron chi connectivity index (χ3n) is 3.03. The van der Waals surface area contributed by atoms with Gasteiger partial charge >= 0.3 is 0 Å². The van der Waals surface area contributed by atoms with Crippen LogP contribution >= 0.6 is 0 Å². The summed E-state index contributed by atoms with van der Waals surface area (Å²) >= 11 is 0. The normalized spacial score (nSPS) is 10.8. The van der Waals surface area contributed by atoms with E-state index in [-0.39, 0.29) is 11.7 Å². The summed E-state index contributed by atoms with van der Waals surface area (Å²) in [5.41, 5.74) is 1.46. The van der Waals surface area contributed by atoms with E-state index in [0.29, 0.717) is 18.8 Å². The highest BCUT2D eigenvalue weighted by molar-refractivity contribution is 5.78. The fourth-order valence-corrected chi connectivity index (χ4v) is 1.94. The van der Waals surface area contributed by atoms with Crippen molar-refractivity contribution in [3.8, 4) is 5.75 Å². The van der Waals surface area contributed by atoms with Crippen molar-refractivity contribution in [1.82, 2.24) is 14.8 Å². The van der Waals surface area contributed by atoms with Crippen molar-refractivity contribution in [2.24, 2.45) is 0 Å². The summed E-state index contributed by atoms with van der Waals surface area (Å²) in [5, 5.41) is 9.73.